The Labute approximate surface area is 141 Å². The number of aliphatic hydroxyl groups is 1. The van der Waals surface area contributed by atoms with Crippen molar-refractivity contribution in [1.29, 1.82) is 0 Å². The SMILES string of the molecule is O=C(NCC(O)c1ccc(Cl)cc1)c1csc(-c2ccoc2)n1. The van der Waals surface area contributed by atoms with E-state index >= 15 is 0 Å². The maximum absolute atomic E-state index is 12.1. The van der Waals surface area contributed by atoms with Crippen LogP contribution in [0, 0.1) is 0 Å². The Morgan fingerprint density at radius 2 is 2.13 bits per heavy atom. The van der Waals surface area contributed by atoms with Gasteiger partial charge in [0.05, 0.1) is 12.4 Å². The number of hydrogen-bond acceptors (Lipinski definition) is 5. The van der Waals surface area contributed by atoms with Crippen molar-refractivity contribution in [1.82, 2.24) is 10.3 Å². The third-order valence-corrected chi connectivity index (χ3v) is 4.36. The Morgan fingerprint density at radius 1 is 1.35 bits per heavy atom. The van der Waals surface area contributed by atoms with Crippen LogP contribution < -0.4 is 5.32 Å². The van der Waals surface area contributed by atoms with Crippen molar-refractivity contribution < 1.29 is 14.3 Å². The minimum absolute atomic E-state index is 0.0963. The lowest BCUT2D eigenvalue weighted by Crippen LogP contribution is -2.28. The van der Waals surface area contributed by atoms with Crippen molar-refractivity contribution in [3.8, 4) is 10.6 Å². The number of carbonyl (C=O) groups excluding carboxylic acids is 1. The van der Waals surface area contributed by atoms with Crippen LogP contribution in [0.25, 0.3) is 10.6 Å². The molecule has 0 bridgehead atoms. The molecule has 3 rings (SSSR count). The molecule has 0 saturated carbocycles. The van der Waals surface area contributed by atoms with Crippen LogP contribution >= 0.6 is 22.9 Å². The summed E-state index contributed by atoms with van der Waals surface area (Å²) in [6.45, 7) is 0.0963. The lowest BCUT2D eigenvalue weighted by atomic mass is 10.1. The van der Waals surface area contributed by atoms with E-state index in [9.17, 15) is 9.90 Å². The van der Waals surface area contributed by atoms with E-state index in [1.54, 1.807) is 48.2 Å². The van der Waals surface area contributed by atoms with Gasteiger partial charge < -0.3 is 14.8 Å². The molecule has 0 spiro atoms. The standard InChI is InChI=1S/C16H13ClN2O3S/c17-12-3-1-10(2-4-12)14(20)7-18-15(21)13-9-23-16(19-13)11-5-6-22-8-11/h1-6,8-9,14,20H,7H2,(H,18,21). The summed E-state index contributed by atoms with van der Waals surface area (Å²) in [5, 5.41) is 15.7. The van der Waals surface area contributed by atoms with Gasteiger partial charge >= 0.3 is 0 Å². The number of aliphatic hydroxyl groups excluding tert-OH is 1. The molecule has 1 aromatic carbocycles. The van der Waals surface area contributed by atoms with E-state index in [1.165, 1.54) is 11.3 Å². The summed E-state index contributed by atoms with van der Waals surface area (Å²) >= 11 is 7.16. The van der Waals surface area contributed by atoms with Gasteiger partial charge in [-0.15, -0.1) is 11.3 Å². The number of furan rings is 1. The Balaban J connectivity index is 1.60. The molecule has 1 amide bonds. The van der Waals surface area contributed by atoms with Gasteiger partial charge in [0, 0.05) is 22.5 Å². The van der Waals surface area contributed by atoms with E-state index < -0.39 is 6.10 Å². The molecule has 118 valence electrons. The normalized spacial score (nSPS) is 12.1. The van der Waals surface area contributed by atoms with E-state index in [0.29, 0.717) is 21.3 Å². The number of nitrogens with zero attached hydrogens (tertiary/aromatic N) is 1. The highest BCUT2D eigenvalue weighted by molar-refractivity contribution is 7.13. The third-order valence-electron chi connectivity index (χ3n) is 3.22. The van der Waals surface area contributed by atoms with Gasteiger partial charge in [0.1, 0.15) is 17.0 Å². The number of rotatable bonds is 5. The molecule has 0 radical (unpaired) electrons. The van der Waals surface area contributed by atoms with Crippen molar-refractivity contribution in [2.24, 2.45) is 0 Å². The second-order valence-corrected chi connectivity index (χ2v) is 6.12. The first-order chi connectivity index (χ1) is 11.1. The maximum atomic E-state index is 12.1. The van der Waals surface area contributed by atoms with Crippen LogP contribution in [0.2, 0.25) is 5.02 Å². The first-order valence-corrected chi connectivity index (χ1v) is 8.09. The summed E-state index contributed by atoms with van der Waals surface area (Å²) in [5.74, 6) is -0.330. The lowest BCUT2D eigenvalue weighted by Gasteiger charge is -2.11. The summed E-state index contributed by atoms with van der Waals surface area (Å²) in [5.41, 5.74) is 1.83. The number of carbonyl (C=O) groups is 1. The molecule has 2 aromatic heterocycles. The van der Waals surface area contributed by atoms with Crippen LogP contribution in [0.15, 0.2) is 52.7 Å². The zero-order chi connectivity index (χ0) is 16.2. The van der Waals surface area contributed by atoms with Crippen LogP contribution in [-0.4, -0.2) is 22.5 Å². The number of amides is 1. The number of thiazole rings is 1. The fraction of sp³-hybridized carbons (Fsp3) is 0.125. The summed E-state index contributed by atoms with van der Waals surface area (Å²) in [6.07, 6.45) is 2.33. The van der Waals surface area contributed by atoms with Crippen molar-refractivity contribution in [3.63, 3.8) is 0 Å². The zero-order valence-electron chi connectivity index (χ0n) is 11.9. The Kier molecular flexibility index (Phi) is 4.76. The lowest BCUT2D eigenvalue weighted by molar-refractivity contribution is 0.0912. The van der Waals surface area contributed by atoms with Gasteiger partial charge in [0.25, 0.3) is 5.91 Å². The van der Waals surface area contributed by atoms with Crippen molar-refractivity contribution in [2.45, 2.75) is 6.10 Å². The highest BCUT2D eigenvalue weighted by Crippen LogP contribution is 2.24. The number of aromatic nitrogens is 1. The van der Waals surface area contributed by atoms with Crippen LogP contribution in [-0.2, 0) is 0 Å². The number of benzene rings is 1. The van der Waals surface area contributed by atoms with Gasteiger partial charge in [0.15, 0.2) is 0 Å². The summed E-state index contributed by atoms with van der Waals surface area (Å²) in [7, 11) is 0. The predicted molar refractivity (Wildman–Crippen MR) is 88.6 cm³/mol. The second kappa shape index (κ2) is 6.95. The Hall–Kier alpha value is -2.15. The van der Waals surface area contributed by atoms with Gasteiger partial charge in [-0.05, 0) is 23.8 Å². The van der Waals surface area contributed by atoms with Gasteiger partial charge in [-0.3, -0.25) is 4.79 Å². The van der Waals surface area contributed by atoms with E-state index in [2.05, 4.69) is 10.3 Å². The predicted octanol–water partition coefficient (Wildman–Crippen LogP) is 3.52. The van der Waals surface area contributed by atoms with Crippen LogP contribution in [0.3, 0.4) is 0 Å². The van der Waals surface area contributed by atoms with E-state index in [1.807, 2.05) is 0 Å². The van der Waals surface area contributed by atoms with Gasteiger partial charge in [-0.1, -0.05) is 23.7 Å². The number of hydrogen-bond donors (Lipinski definition) is 2. The summed E-state index contributed by atoms with van der Waals surface area (Å²) in [6, 6.07) is 8.61. The van der Waals surface area contributed by atoms with Crippen molar-refractivity contribution in [3.05, 3.63) is 64.5 Å². The first kappa shape index (κ1) is 15.7. The average molecular weight is 349 g/mol. The van der Waals surface area contributed by atoms with Crippen LogP contribution in [0.5, 0.6) is 0 Å². The minimum atomic E-state index is -0.803. The molecule has 0 fully saturated rings. The average Bonchev–Trinajstić information content (AvgIpc) is 3.23. The van der Waals surface area contributed by atoms with Crippen molar-refractivity contribution >= 4 is 28.8 Å². The second-order valence-electron chi connectivity index (χ2n) is 4.83. The molecule has 1 atom stereocenters. The number of halogens is 1. The maximum Gasteiger partial charge on any atom is 0.270 e. The minimum Gasteiger partial charge on any atom is -0.472 e. The quantitative estimate of drug-likeness (QED) is 0.739. The fourth-order valence-corrected chi connectivity index (χ4v) is 2.89. The molecule has 0 aliphatic carbocycles. The smallest absolute Gasteiger partial charge is 0.270 e. The molecule has 23 heavy (non-hydrogen) atoms. The largest absolute Gasteiger partial charge is 0.472 e. The Bertz CT molecular complexity index is 784. The monoisotopic (exact) mass is 348 g/mol. The van der Waals surface area contributed by atoms with Crippen LogP contribution in [0.4, 0.5) is 0 Å². The highest BCUT2D eigenvalue weighted by atomic mass is 35.5. The van der Waals surface area contributed by atoms with Crippen molar-refractivity contribution in [2.75, 3.05) is 6.54 Å². The van der Waals surface area contributed by atoms with Gasteiger partial charge in [-0.25, -0.2) is 4.98 Å². The zero-order valence-corrected chi connectivity index (χ0v) is 13.5. The fourth-order valence-electron chi connectivity index (χ4n) is 1.98. The summed E-state index contributed by atoms with van der Waals surface area (Å²) < 4.78 is 5.00. The molecular weight excluding hydrogens is 336 g/mol. The van der Waals surface area contributed by atoms with E-state index in [-0.39, 0.29) is 12.5 Å². The molecule has 0 aliphatic rings. The number of nitrogens with one attached hydrogen (secondary N) is 1. The first-order valence-electron chi connectivity index (χ1n) is 6.83. The van der Waals surface area contributed by atoms with Gasteiger partial charge in [0.2, 0.25) is 0 Å². The molecule has 2 N–H and O–H groups in total. The molecule has 0 aliphatic heterocycles. The highest BCUT2D eigenvalue weighted by Gasteiger charge is 2.14. The van der Waals surface area contributed by atoms with Crippen LogP contribution in [0.1, 0.15) is 22.2 Å². The molecular formula is C16H13ClN2O3S. The molecule has 0 saturated heterocycles. The Morgan fingerprint density at radius 3 is 2.83 bits per heavy atom. The molecule has 3 aromatic rings. The molecule has 1 unspecified atom stereocenters. The topological polar surface area (TPSA) is 75.4 Å². The third kappa shape index (κ3) is 3.79. The van der Waals surface area contributed by atoms with E-state index in [0.717, 1.165) is 5.56 Å². The summed E-state index contributed by atoms with van der Waals surface area (Å²) in [4.78, 5) is 16.4. The van der Waals surface area contributed by atoms with E-state index in [4.69, 9.17) is 16.0 Å². The molecule has 5 nitrogen and oxygen atoms in total. The van der Waals surface area contributed by atoms with Gasteiger partial charge in [-0.2, -0.15) is 0 Å². The molecule has 7 heteroatoms. The molecule has 2 heterocycles.